The molecule has 0 heterocycles. The first-order chi connectivity index (χ1) is 8.97. The van der Waals surface area contributed by atoms with Gasteiger partial charge in [-0.25, -0.2) is 9.59 Å². The zero-order valence-corrected chi connectivity index (χ0v) is 9.66. The van der Waals surface area contributed by atoms with E-state index in [0.717, 1.165) is 6.07 Å². The Morgan fingerprint density at radius 2 is 2.21 bits per heavy atom. The lowest BCUT2D eigenvalue weighted by molar-refractivity contribution is -0.384. The monoisotopic (exact) mass is 266 g/mol. The molecule has 0 aliphatic rings. The van der Waals surface area contributed by atoms with Gasteiger partial charge in [-0.2, -0.15) is 0 Å². The number of nitro benzene ring substituents is 1. The Morgan fingerprint density at radius 3 is 2.74 bits per heavy atom. The van der Waals surface area contributed by atoms with Gasteiger partial charge in [0.25, 0.3) is 0 Å². The van der Waals surface area contributed by atoms with Crippen LogP contribution < -0.4 is 5.32 Å². The molecule has 0 saturated heterocycles. The first-order valence-electron chi connectivity index (χ1n) is 5.02. The lowest BCUT2D eigenvalue weighted by Gasteiger charge is -2.07. The van der Waals surface area contributed by atoms with Gasteiger partial charge in [0, 0.05) is 0 Å². The molecule has 0 unspecified atom stereocenters. The van der Waals surface area contributed by atoms with Gasteiger partial charge in [0.05, 0.1) is 4.92 Å². The van der Waals surface area contributed by atoms with Crippen molar-refractivity contribution in [3.63, 3.8) is 0 Å². The van der Waals surface area contributed by atoms with Crippen LogP contribution in [0.4, 0.5) is 16.2 Å². The van der Waals surface area contributed by atoms with Crippen LogP contribution in [-0.2, 0) is 4.74 Å². The number of carboxylic acids is 1. The summed E-state index contributed by atoms with van der Waals surface area (Å²) in [6.07, 6.45) is 0.382. The summed E-state index contributed by atoms with van der Waals surface area (Å²) < 4.78 is 4.59. The molecule has 0 aliphatic carbocycles. The summed E-state index contributed by atoms with van der Waals surface area (Å²) in [7, 11) is 0. The summed E-state index contributed by atoms with van der Waals surface area (Å²) in [6, 6.07) is 3.56. The van der Waals surface area contributed by atoms with E-state index in [0.29, 0.717) is 0 Å². The van der Waals surface area contributed by atoms with Crippen LogP contribution in [0, 0.1) is 10.1 Å². The number of hydrogen-bond acceptors (Lipinski definition) is 5. The molecule has 0 aromatic heterocycles. The second-order valence-corrected chi connectivity index (χ2v) is 3.28. The van der Waals surface area contributed by atoms with Crippen LogP contribution in [0.3, 0.4) is 0 Å². The minimum atomic E-state index is -1.46. The summed E-state index contributed by atoms with van der Waals surface area (Å²) in [6.45, 7) is 3.26. The van der Waals surface area contributed by atoms with Gasteiger partial charge in [0.15, 0.2) is 0 Å². The zero-order chi connectivity index (χ0) is 14.4. The highest BCUT2D eigenvalue weighted by Crippen LogP contribution is 2.28. The minimum Gasteiger partial charge on any atom is -0.477 e. The molecule has 1 aromatic rings. The molecule has 0 saturated carbocycles. The van der Waals surface area contributed by atoms with Gasteiger partial charge in [0.2, 0.25) is 0 Å². The Hall–Kier alpha value is -2.90. The number of carbonyl (C=O) groups excluding carboxylic acids is 1. The third-order valence-corrected chi connectivity index (χ3v) is 2.02. The minimum absolute atomic E-state index is 0.0712. The molecule has 8 nitrogen and oxygen atoms in total. The topological polar surface area (TPSA) is 119 Å². The molecule has 1 aromatic carbocycles. The highest BCUT2D eigenvalue weighted by molar-refractivity contribution is 5.98. The second kappa shape index (κ2) is 6.15. The van der Waals surface area contributed by atoms with Crippen molar-refractivity contribution in [2.75, 3.05) is 11.9 Å². The van der Waals surface area contributed by atoms with Crippen LogP contribution in [0.15, 0.2) is 30.9 Å². The molecule has 1 rings (SSSR count). The number of amides is 1. The number of benzene rings is 1. The lowest BCUT2D eigenvalue weighted by atomic mass is 10.1. The SMILES string of the molecule is C=CCOC(=O)Nc1cccc(C(=O)O)c1[N+](=O)[O-]. The van der Waals surface area contributed by atoms with Crippen molar-refractivity contribution < 1.29 is 24.4 Å². The van der Waals surface area contributed by atoms with Crippen molar-refractivity contribution in [1.29, 1.82) is 0 Å². The van der Waals surface area contributed by atoms with Crippen LogP contribution in [0.5, 0.6) is 0 Å². The maximum Gasteiger partial charge on any atom is 0.412 e. The van der Waals surface area contributed by atoms with Gasteiger partial charge in [0.1, 0.15) is 17.9 Å². The predicted molar refractivity (Wildman–Crippen MR) is 65.2 cm³/mol. The van der Waals surface area contributed by atoms with E-state index in [-0.39, 0.29) is 12.3 Å². The van der Waals surface area contributed by atoms with Crippen LogP contribution >= 0.6 is 0 Å². The second-order valence-electron chi connectivity index (χ2n) is 3.28. The Bertz CT molecular complexity index is 540. The van der Waals surface area contributed by atoms with Crippen LogP contribution in [0.1, 0.15) is 10.4 Å². The predicted octanol–water partition coefficient (Wildman–Crippen LogP) is 2.03. The van der Waals surface area contributed by atoms with E-state index in [1.807, 2.05) is 0 Å². The number of para-hydroxylation sites is 1. The van der Waals surface area contributed by atoms with Crippen molar-refractivity contribution in [2.45, 2.75) is 0 Å². The summed E-state index contributed by atoms with van der Waals surface area (Å²) in [4.78, 5) is 32.1. The van der Waals surface area contributed by atoms with Crippen molar-refractivity contribution in [3.05, 3.63) is 46.5 Å². The van der Waals surface area contributed by atoms with Gasteiger partial charge < -0.3 is 9.84 Å². The molecular weight excluding hydrogens is 256 g/mol. The molecule has 8 heteroatoms. The molecule has 0 bridgehead atoms. The fraction of sp³-hybridized carbons (Fsp3) is 0.0909. The fourth-order valence-corrected chi connectivity index (χ4v) is 1.29. The van der Waals surface area contributed by atoms with E-state index in [4.69, 9.17) is 5.11 Å². The van der Waals surface area contributed by atoms with Crippen molar-refractivity contribution in [3.8, 4) is 0 Å². The normalized spacial score (nSPS) is 9.47. The molecule has 0 radical (unpaired) electrons. The summed E-state index contributed by atoms with van der Waals surface area (Å²) in [5, 5.41) is 21.8. The van der Waals surface area contributed by atoms with Gasteiger partial charge in [-0.05, 0) is 12.1 Å². The highest BCUT2D eigenvalue weighted by Gasteiger charge is 2.25. The van der Waals surface area contributed by atoms with Gasteiger partial charge in [-0.15, -0.1) is 0 Å². The van der Waals surface area contributed by atoms with E-state index in [9.17, 15) is 19.7 Å². The smallest absolute Gasteiger partial charge is 0.412 e. The zero-order valence-electron chi connectivity index (χ0n) is 9.66. The number of carboxylic acid groups (broad SMARTS) is 1. The Balaban J connectivity index is 3.10. The van der Waals surface area contributed by atoms with Crippen LogP contribution in [0.25, 0.3) is 0 Å². The number of rotatable bonds is 5. The van der Waals surface area contributed by atoms with E-state index in [1.165, 1.54) is 18.2 Å². The molecule has 100 valence electrons. The van der Waals surface area contributed by atoms with E-state index >= 15 is 0 Å². The first kappa shape index (κ1) is 14.2. The largest absolute Gasteiger partial charge is 0.477 e. The fourth-order valence-electron chi connectivity index (χ4n) is 1.29. The average Bonchev–Trinajstić information content (AvgIpc) is 2.35. The standard InChI is InChI=1S/C11H10N2O6/c1-2-6-19-11(16)12-8-5-3-4-7(10(14)15)9(8)13(17)18/h2-5H,1,6H2,(H,12,16)(H,14,15). The molecule has 0 fully saturated rings. The number of carbonyl (C=O) groups is 2. The average molecular weight is 266 g/mol. The molecule has 1 amide bonds. The maximum atomic E-state index is 11.3. The van der Waals surface area contributed by atoms with E-state index < -0.39 is 28.2 Å². The number of anilines is 1. The molecule has 0 spiro atoms. The number of nitro groups is 1. The van der Waals surface area contributed by atoms with E-state index in [1.54, 1.807) is 0 Å². The Morgan fingerprint density at radius 1 is 1.53 bits per heavy atom. The number of ether oxygens (including phenoxy) is 1. The molecule has 0 atom stereocenters. The molecule has 0 aliphatic heterocycles. The third kappa shape index (κ3) is 3.53. The van der Waals surface area contributed by atoms with Gasteiger partial charge >= 0.3 is 17.7 Å². The Labute approximate surface area is 107 Å². The Kier molecular flexibility index (Phi) is 4.58. The quantitative estimate of drug-likeness (QED) is 0.478. The third-order valence-electron chi connectivity index (χ3n) is 2.02. The summed E-state index contributed by atoms with van der Waals surface area (Å²) in [5.74, 6) is -1.46. The lowest BCUT2D eigenvalue weighted by Crippen LogP contribution is -2.15. The van der Waals surface area contributed by atoms with Crippen LogP contribution in [0.2, 0.25) is 0 Å². The number of nitrogens with one attached hydrogen (secondary N) is 1. The molecule has 2 N–H and O–H groups in total. The van der Waals surface area contributed by atoms with E-state index in [2.05, 4.69) is 16.6 Å². The maximum absolute atomic E-state index is 11.3. The number of aromatic carboxylic acids is 1. The first-order valence-corrected chi connectivity index (χ1v) is 5.02. The van der Waals surface area contributed by atoms with Crippen molar-refractivity contribution >= 4 is 23.4 Å². The van der Waals surface area contributed by atoms with Crippen LogP contribution in [-0.4, -0.2) is 28.7 Å². The van der Waals surface area contributed by atoms with Gasteiger partial charge in [-0.1, -0.05) is 18.7 Å². The molecule has 19 heavy (non-hydrogen) atoms. The van der Waals surface area contributed by atoms with Crippen molar-refractivity contribution in [1.82, 2.24) is 0 Å². The highest BCUT2D eigenvalue weighted by atomic mass is 16.6. The number of hydrogen-bond donors (Lipinski definition) is 2. The van der Waals surface area contributed by atoms with Gasteiger partial charge in [-0.3, -0.25) is 15.4 Å². The summed E-state index contributed by atoms with van der Waals surface area (Å²) >= 11 is 0. The molecular formula is C11H10N2O6. The van der Waals surface area contributed by atoms with Crippen molar-refractivity contribution in [2.24, 2.45) is 0 Å². The number of nitrogens with zero attached hydrogens (tertiary/aromatic N) is 1. The summed E-state index contributed by atoms with van der Waals surface area (Å²) in [5.41, 5.74) is -1.48.